The van der Waals surface area contributed by atoms with E-state index in [1.165, 1.54) is 0 Å². The van der Waals surface area contributed by atoms with Crippen LogP contribution in [0.4, 0.5) is 0 Å². The third-order valence-electron chi connectivity index (χ3n) is 8.52. The largest absolute Gasteiger partial charge is 0.497 e. The summed E-state index contributed by atoms with van der Waals surface area (Å²) in [6.07, 6.45) is 3.28. The molecule has 1 aromatic rings. The predicted molar refractivity (Wildman–Crippen MR) is 119 cm³/mol. The van der Waals surface area contributed by atoms with Gasteiger partial charge in [0.25, 0.3) is 0 Å². The Bertz CT molecular complexity index is 938. The van der Waals surface area contributed by atoms with E-state index in [1.54, 1.807) is 7.11 Å². The predicted octanol–water partition coefficient (Wildman–Crippen LogP) is 3.65. The van der Waals surface area contributed by atoms with Gasteiger partial charge in [0.05, 0.1) is 7.11 Å². The van der Waals surface area contributed by atoms with Gasteiger partial charge in [0.15, 0.2) is 0 Å². The molecule has 32 heavy (non-hydrogen) atoms. The van der Waals surface area contributed by atoms with Crippen LogP contribution >= 0.6 is 0 Å². The number of ketones is 3. The zero-order chi connectivity index (χ0) is 23.1. The highest BCUT2D eigenvalue weighted by Gasteiger charge is 2.62. The number of methoxy groups -OCH3 is 1. The Balaban J connectivity index is 1.42. The first-order valence-corrected chi connectivity index (χ1v) is 11.7. The lowest BCUT2D eigenvalue weighted by atomic mass is 9.48. The Morgan fingerprint density at radius 1 is 1.06 bits per heavy atom. The monoisotopic (exact) mass is 439 g/mol. The molecule has 0 radical (unpaired) electrons. The molecule has 1 N–H and O–H groups in total. The number of nitrogens with one attached hydrogen (secondary N) is 1. The molecule has 1 amide bonds. The van der Waals surface area contributed by atoms with E-state index in [9.17, 15) is 19.2 Å². The highest BCUT2D eigenvalue weighted by molar-refractivity contribution is 5.99. The Hall–Kier alpha value is -2.50. The zero-order valence-corrected chi connectivity index (χ0v) is 19.2. The van der Waals surface area contributed by atoms with Crippen LogP contribution in [0.2, 0.25) is 0 Å². The minimum absolute atomic E-state index is 0.0400. The molecule has 5 atom stereocenters. The Kier molecular flexibility index (Phi) is 5.99. The molecule has 3 aliphatic rings. The molecule has 0 saturated heterocycles. The molecule has 0 spiro atoms. The number of amides is 1. The van der Waals surface area contributed by atoms with E-state index in [0.29, 0.717) is 32.2 Å². The van der Waals surface area contributed by atoms with Crippen molar-refractivity contribution in [2.24, 2.45) is 28.6 Å². The number of ether oxygens (including phenoxy) is 1. The fourth-order valence-electron chi connectivity index (χ4n) is 6.61. The number of Topliss-reactive ketones (excluding diaryl/α,β-unsaturated/α-hetero) is 3. The van der Waals surface area contributed by atoms with E-state index in [2.05, 4.69) is 5.32 Å². The standard InChI is InChI=1S/C26H33NO5/c1-25(13-12-23(31)27-15-16-4-6-17(32-3)7-5-16)21(29)10-8-18-19-9-11-22(30)26(19,2)14-20(28)24(18)25/h4-7,18-19,24H,8-15H2,1-3H3,(H,27,31)/t18?,19?,24?,25-,26?/m0/s1. The van der Waals surface area contributed by atoms with Crippen LogP contribution in [0.25, 0.3) is 0 Å². The summed E-state index contributed by atoms with van der Waals surface area (Å²) in [5.41, 5.74) is -0.425. The second-order valence-electron chi connectivity index (χ2n) is 10.3. The topological polar surface area (TPSA) is 89.5 Å². The first-order valence-electron chi connectivity index (χ1n) is 11.7. The summed E-state index contributed by atoms with van der Waals surface area (Å²) in [6.45, 7) is 4.22. The van der Waals surface area contributed by atoms with Crippen LogP contribution in [0, 0.1) is 28.6 Å². The zero-order valence-electron chi connectivity index (χ0n) is 19.2. The van der Waals surface area contributed by atoms with Crippen LogP contribution in [-0.2, 0) is 25.7 Å². The fourth-order valence-corrected chi connectivity index (χ4v) is 6.61. The van der Waals surface area contributed by atoms with Crippen molar-refractivity contribution in [1.29, 1.82) is 0 Å². The number of rotatable bonds is 6. The number of carbonyl (C=O) groups excluding carboxylic acids is 4. The van der Waals surface area contributed by atoms with Crippen LogP contribution in [0.3, 0.4) is 0 Å². The molecule has 6 heteroatoms. The van der Waals surface area contributed by atoms with E-state index in [1.807, 2.05) is 38.1 Å². The summed E-state index contributed by atoms with van der Waals surface area (Å²) in [6, 6.07) is 7.49. The quantitative estimate of drug-likeness (QED) is 0.731. The normalized spacial score (nSPS) is 34.1. The molecule has 1 aromatic carbocycles. The first-order chi connectivity index (χ1) is 15.2. The lowest BCUT2D eigenvalue weighted by molar-refractivity contribution is -0.160. The van der Waals surface area contributed by atoms with Crippen LogP contribution in [0.15, 0.2) is 24.3 Å². The van der Waals surface area contributed by atoms with Gasteiger partial charge in [0, 0.05) is 49.0 Å². The third-order valence-corrected chi connectivity index (χ3v) is 8.52. The van der Waals surface area contributed by atoms with E-state index in [0.717, 1.165) is 17.7 Å². The molecule has 4 unspecified atom stereocenters. The third kappa shape index (κ3) is 3.78. The number of fused-ring (bicyclic) bond motifs is 3. The van der Waals surface area contributed by atoms with Gasteiger partial charge in [0.2, 0.25) is 5.91 Å². The second kappa shape index (κ2) is 8.45. The summed E-state index contributed by atoms with van der Waals surface area (Å²) >= 11 is 0. The molecule has 0 aliphatic heterocycles. The van der Waals surface area contributed by atoms with Crippen LogP contribution in [-0.4, -0.2) is 30.4 Å². The van der Waals surface area contributed by atoms with E-state index in [-0.39, 0.29) is 53.9 Å². The highest BCUT2D eigenvalue weighted by Crippen LogP contribution is 2.60. The van der Waals surface area contributed by atoms with Gasteiger partial charge in [0.1, 0.15) is 23.1 Å². The Morgan fingerprint density at radius 2 is 1.75 bits per heavy atom. The maximum atomic E-state index is 13.3. The molecule has 6 nitrogen and oxygen atoms in total. The van der Waals surface area contributed by atoms with Crippen LogP contribution in [0.5, 0.6) is 5.75 Å². The Labute approximate surface area is 189 Å². The number of hydrogen-bond acceptors (Lipinski definition) is 5. The minimum atomic E-state index is -0.829. The molecule has 4 rings (SSSR count). The average Bonchev–Trinajstić information content (AvgIpc) is 3.07. The van der Waals surface area contributed by atoms with Gasteiger partial charge in [-0.05, 0) is 48.8 Å². The highest BCUT2D eigenvalue weighted by atomic mass is 16.5. The van der Waals surface area contributed by atoms with Crippen molar-refractivity contribution < 1.29 is 23.9 Å². The minimum Gasteiger partial charge on any atom is -0.497 e. The molecular formula is C26H33NO5. The molecular weight excluding hydrogens is 406 g/mol. The summed E-state index contributed by atoms with van der Waals surface area (Å²) in [4.78, 5) is 51.4. The molecule has 0 bridgehead atoms. The summed E-state index contributed by atoms with van der Waals surface area (Å²) in [5.74, 6) is 0.831. The van der Waals surface area contributed by atoms with E-state index in [4.69, 9.17) is 4.74 Å². The SMILES string of the molecule is COc1ccc(CNC(=O)CC[C@@]2(C)C(=O)CCC3C4CCC(=O)C4(C)CC(=O)C32)cc1. The van der Waals surface area contributed by atoms with Crippen LogP contribution < -0.4 is 10.1 Å². The van der Waals surface area contributed by atoms with Gasteiger partial charge in [-0.1, -0.05) is 26.0 Å². The van der Waals surface area contributed by atoms with Gasteiger partial charge >= 0.3 is 0 Å². The Morgan fingerprint density at radius 3 is 2.44 bits per heavy atom. The van der Waals surface area contributed by atoms with E-state index >= 15 is 0 Å². The van der Waals surface area contributed by atoms with E-state index < -0.39 is 10.8 Å². The van der Waals surface area contributed by atoms with Crippen molar-refractivity contribution >= 4 is 23.3 Å². The maximum absolute atomic E-state index is 13.3. The molecule has 3 saturated carbocycles. The van der Waals surface area contributed by atoms with Crippen molar-refractivity contribution in [2.75, 3.05) is 7.11 Å². The number of benzene rings is 1. The van der Waals surface area contributed by atoms with Gasteiger partial charge < -0.3 is 10.1 Å². The molecule has 3 fully saturated rings. The summed E-state index contributed by atoms with van der Waals surface area (Å²) < 4.78 is 5.15. The molecule has 0 aromatic heterocycles. The summed E-state index contributed by atoms with van der Waals surface area (Å²) in [5, 5.41) is 2.92. The van der Waals surface area contributed by atoms with Crippen molar-refractivity contribution in [1.82, 2.24) is 5.32 Å². The lowest BCUT2D eigenvalue weighted by Crippen LogP contribution is -2.56. The van der Waals surface area contributed by atoms with Gasteiger partial charge in [-0.15, -0.1) is 0 Å². The number of carbonyl (C=O) groups is 4. The van der Waals surface area contributed by atoms with Gasteiger partial charge in [-0.3, -0.25) is 19.2 Å². The molecule has 172 valence electrons. The average molecular weight is 440 g/mol. The van der Waals surface area contributed by atoms with Crippen molar-refractivity contribution in [2.45, 2.75) is 65.3 Å². The second-order valence-corrected chi connectivity index (χ2v) is 10.3. The summed E-state index contributed by atoms with van der Waals surface area (Å²) in [7, 11) is 1.61. The maximum Gasteiger partial charge on any atom is 0.220 e. The molecule has 0 heterocycles. The molecule has 3 aliphatic carbocycles. The van der Waals surface area contributed by atoms with Gasteiger partial charge in [-0.2, -0.15) is 0 Å². The number of hydrogen-bond donors (Lipinski definition) is 1. The van der Waals surface area contributed by atoms with Crippen LogP contribution in [0.1, 0.15) is 64.4 Å². The lowest BCUT2D eigenvalue weighted by Gasteiger charge is -2.52. The van der Waals surface area contributed by atoms with Gasteiger partial charge in [-0.25, -0.2) is 0 Å². The van der Waals surface area contributed by atoms with Crippen molar-refractivity contribution in [3.8, 4) is 5.75 Å². The van der Waals surface area contributed by atoms with Crippen molar-refractivity contribution in [3.63, 3.8) is 0 Å². The first kappa shape index (κ1) is 22.7. The fraction of sp³-hybridized carbons (Fsp3) is 0.615. The smallest absolute Gasteiger partial charge is 0.220 e. The van der Waals surface area contributed by atoms with Crippen molar-refractivity contribution in [3.05, 3.63) is 29.8 Å².